The van der Waals surface area contributed by atoms with E-state index >= 15 is 0 Å². The van der Waals surface area contributed by atoms with E-state index < -0.39 is 0 Å². The number of methoxy groups -OCH3 is 1. The molecule has 0 atom stereocenters. The number of carbonyl (C=O) groups is 1. The lowest BCUT2D eigenvalue weighted by Crippen LogP contribution is -2.56. The van der Waals surface area contributed by atoms with Crippen LogP contribution >= 0.6 is 15.9 Å². The van der Waals surface area contributed by atoms with Crippen molar-refractivity contribution in [1.29, 1.82) is 0 Å². The van der Waals surface area contributed by atoms with Gasteiger partial charge in [0.25, 0.3) is 0 Å². The van der Waals surface area contributed by atoms with Gasteiger partial charge in [0, 0.05) is 4.47 Å². The van der Waals surface area contributed by atoms with Crippen molar-refractivity contribution in [3.63, 3.8) is 0 Å². The summed E-state index contributed by atoms with van der Waals surface area (Å²) >= 11 is 3.44. The molecule has 0 spiro atoms. The summed E-state index contributed by atoms with van der Waals surface area (Å²) in [4.78, 5) is 12.1. The monoisotopic (exact) mass is 310 g/mol. The van der Waals surface area contributed by atoms with Crippen molar-refractivity contribution >= 4 is 21.9 Å². The fourth-order valence-corrected chi connectivity index (χ4v) is 3.26. The molecule has 3 rings (SSSR count). The van der Waals surface area contributed by atoms with Gasteiger partial charge in [-0.1, -0.05) is 28.1 Å². The van der Waals surface area contributed by atoms with E-state index in [1.54, 1.807) is 0 Å². The predicted molar refractivity (Wildman–Crippen MR) is 70.3 cm³/mol. The van der Waals surface area contributed by atoms with Gasteiger partial charge in [-0.2, -0.15) is 0 Å². The molecule has 0 aromatic heterocycles. The molecule has 1 aliphatic carbocycles. The standard InChI is InChI=1S/C14H15BrO3/c1-17-12(16)13(6-7-13)14(8-18-9-14)10-2-4-11(15)5-3-10/h2-5H,6-9H2,1H3. The summed E-state index contributed by atoms with van der Waals surface area (Å²) in [6, 6.07) is 8.19. The highest BCUT2D eigenvalue weighted by Gasteiger charge is 2.68. The zero-order chi connectivity index (χ0) is 12.8. The molecule has 0 N–H and O–H groups in total. The van der Waals surface area contributed by atoms with Crippen molar-refractivity contribution in [2.75, 3.05) is 20.3 Å². The van der Waals surface area contributed by atoms with Gasteiger partial charge in [-0.15, -0.1) is 0 Å². The van der Waals surface area contributed by atoms with E-state index in [-0.39, 0.29) is 16.8 Å². The second-order valence-corrected chi connectivity index (χ2v) is 6.07. The van der Waals surface area contributed by atoms with Crippen LogP contribution in [-0.2, 0) is 19.7 Å². The normalized spacial score (nSPS) is 23.0. The van der Waals surface area contributed by atoms with Crippen molar-refractivity contribution in [3.05, 3.63) is 34.3 Å². The minimum Gasteiger partial charge on any atom is -0.469 e. The first kappa shape index (κ1) is 12.2. The molecule has 1 saturated carbocycles. The van der Waals surface area contributed by atoms with E-state index in [0.29, 0.717) is 13.2 Å². The molecule has 1 aliphatic heterocycles. The molecular weight excluding hydrogens is 296 g/mol. The average molecular weight is 311 g/mol. The molecule has 1 saturated heterocycles. The number of carbonyl (C=O) groups excluding carboxylic acids is 1. The number of halogens is 1. The number of hydrogen-bond donors (Lipinski definition) is 0. The summed E-state index contributed by atoms with van der Waals surface area (Å²) in [6.07, 6.45) is 1.80. The summed E-state index contributed by atoms with van der Waals surface area (Å²) in [5.74, 6) is -0.0891. The molecular formula is C14H15BrO3. The quantitative estimate of drug-likeness (QED) is 0.805. The number of hydrogen-bond acceptors (Lipinski definition) is 3. The molecule has 1 aromatic carbocycles. The Labute approximate surface area is 115 Å². The first-order valence-corrected chi connectivity index (χ1v) is 6.86. The summed E-state index contributed by atoms with van der Waals surface area (Å²) in [5.41, 5.74) is 0.647. The summed E-state index contributed by atoms with van der Waals surface area (Å²) in [7, 11) is 1.47. The zero-order valence-corrected chi connectivity index (χ0v) is 11.8. The highest BCUT2D eigenvalue weighted by Crippen LogP contribution is 2.63. The third-order valence-electron chi connectivity index (χ3n) is 4.34. The van der Waals surface area contributed by atoms with Gasteiger partial charge in [-0.25, -0.2) is 0 Å². The van der Waals surface area contributed by atoms with Crippen LogP contribution in [0.3, 0.4) is 0 Å². The number of ether oxygens (including phenoxy) is 2. The Kier molecular flexibility index (Phi) is 2.75. The van der Waals surface area contributed by atoms with Crippen LogP contribution in [-0.4, -0.2) is 26.3 Å². The number of rotatable bonds is 3. The van der Waals surface area contributed by atoms with Crippen LogP contribution < -0.4 is 0 Å². The average Bonchev–Trinajstić information content (AvgIpc) is 3.11. The van der Waals surface area contributed by atoms with Crippen LogP contribution in [0.2, 0.25) is 0 Å². The fourth-order valence-electron chi connectivity index (χ4n) is 2.99. The van der Waals surface area contributed by atoms with Crippen LogP contribution in [0.15, 0.2) is 28.7 Å². The Balaban J connectivity index is 2.00. The van der Waals surface area contributed by atoms with Gasteiger partial charge in [0.05, 0.1) is 31.2 Å². The molecule has 0 unspecified atom stereocenters. The van der Waals surface area contributed by atoms with Crippen molar-refractivity contribution in [2.45, 2.75) is 18.3 Å². The Morgan fingerprint density at radius 3 is 2.28 bits per heavy atom. The molecule has 1 aromatic rings. The molecule has 1 heterocycles. The van der Waals surface area contributed by atoms with Crippen molar-refractivity contribution < 1.29 is 14.3 Å². The van der Waals surface area contributed by atoms with Gasteiger partial charge in [0.2, 0.25) is 0 Å². The second-order valence-electron chi connectivity index (χ2n) is 5.16. The van der Waals surface area contributed by atoms with Gasteiger partial charge in [0.15, 0.2) is 0 Å². The fraction of sp³-hybridized carbons (Fsp3) is 0.500. The lowest BCUT2D eigenvalue weighted by Gasteiger charge is -2.47. The molecule has 0 radical (unpaired) electrons. The van der Waals surface area contributed by atoms with Crippen LogP contribution in [0.5, 0.6) is 0 Å². The van der Waals surface area contributed by atoms with E-state index in [0.717, 1.165) is 17.3 Å². The number of benzene rings is 1. The van der Waals surface area contributed by atoms with Crippen molar-refractivity contribution in [2.24, 2.45) is 5.41 Å². The zero-order valence-electron chi connectivity index (χ0n) is 10.2. The predicted octanol–water partition coefficient (Wildman–Crippen LogP) is 2.67. The van der Waals surface area contributed by atoms with Gasteiger partial charge < -0.3 is 9.47 Å². The van der Waals surface area contributed by atoms with Crippen molar-refractivity contribution in [1.82, 2.24) is 0 Å². The van der Waals surface area contributed by atoms with Crippen LogP contribution in [0.4, 0.5) is 0 Å². The Bertz CT molecular complexity index is 472. The van der Waals surface area contributed by atoms with Gasteiger partial charge in [0.1, 0.15) is 0 Å². The van der Waals surface area contributed by atoms with E-state index in [4.69, 9.17) is 9.47 Å². The third-order valence-corrected chi connectivity index (χ3v) is 4.86. The molecule has 96 valence electrons. The Morgan fingerprint density at radius 2 is 1.89 bits per heavy atom. The maximum absolute atomic E-state index is 12.1. The molecule has 0 bridgehead atoms. The minimum absolute atomic E-state index is 0.0891. The third kappa shape index (κ3) is 1.48. The Hall–Kier alpha value is -0.870. The number of esters is 1. The lowest BCUT2D eigenvalue weighted by molar-refractivity contribution is -0.164. The highest BCUT2D eigenvalue weighted by atomic mass is 79.9. The summed E-state index contributed by atoms with van der Waals surface area (Å²) in [6.45, 7) is 1.23. The smallest absolute Gasteiger partial charge is 0.312 e. The molecule has 0 amide bonds. The maximum atomic E-state index is 12.1. The molecule has 2 fully saturated rings. The van der Waals surface area contributed by atoms with E-state index in [1.807, 2.05) is 12.1 Å². The van der Waals surface area contributed by atoms with Gasteiger partial charge in [-0.3, -0.25) is 4.79 Å². The largest absolute Gasteiger partial charge is 0.469 e. The summed E-state index contributed by atoms with van der Waals surface area (Å²) < 4.78 is 11.5. The van der Waals surface area contributed by atoms with Gasteiger partial charge >= 0.3 is 5.97 Å². The van der Waals surface area contributed by atoms with Crippen LogP contribution in [0.25, 0.3) is 0 Å². The minimum atomic E-state index is -0.353. The van der Waals surface area contributed by atoms with Crippen LogP contribution in [0, 0.1) is 5.41 Å². The Morgan fingerprint density at radius 1 is 1.28 bits per heavy atom. The molecule has 3 nitrogen and oxygen atoms in total. The van der Waals surface area contributed by atoms with Crippen molar-refractivity contribution in [3.8, 4) is 0 Å². The van der Waals surface area contributed by atoms with E-state index in [9.17, 15) is 4.79 Å². The van der Waals surface area contributed by atoms with E-state index in [1.165, 1.54) is 12.7 Å². The first-order chi connectivity index (χ1) is 8.64. The lowest BCUT2D eigenvalue weighted by atomic mass is 9.66. The first-order valence-electron chi connectivity index (χ1n) is 6.07. The van der Waals surface area contributed by atoms with Gasteiger partial charge in [-0.05, 0) is 30.5 Å². The maximum Gasteiger partial charge on any atom is 0.312 e. The molecule has 18 heavy (non-hydrogen) atoms. The molecule has 4 heteroatoms. The van der Waals surface area contributed by atoms with E-state index in [2.05, 4.69) is 28.1 Å². The van der Waals surface area contributed by atoms with Crippen LogP contribution in [0.1, 0.15) is 18.4 Å². The highest BCUT2D eigenvalue weighted by molar-refractivity contribution is 9.10. The topological polar surface area (TPSA) is 35.5 Å². The molecule has 2 aliphatic rings. The second kappa shape index (κ2) is 4.07. The summed E-state index contributed by atoms with van der Waals surface area (Å²) in [5, 5.41) is 0. The SMILES string of the molecule is COC(=O)C1(C2(c3ccc(Br)cc3)COC2)CC1.